The van der Waals surface area contributed by atoms with Crippen molar-refractivity contribution in [2.45, 2.75) is 76.5 Å². The summed E-state index contributed by atoms with van der Waals surface area (Å²) < 4.78 is 17.6. The number of carbonyl (C=O) groups is 1. The van der Waals surface area contributed by atoms with E-state index in [0.29, 0.717) is 43.7 Å². The molecule has 0 radical (unpaired) electrons. The van der Waals surface area contributed by atoms with Crippen LogP contribution in [0.25, 0.3) is 0 Å². The molecule has 2 unspecified atom stereocenters. The summed E-state index contributed by atoms with van der Waals surface area (Å²) in [5.74, 6) is 1.44. The number of aliphatic hydroxyl groups is 1. The largest absolute Gasteiger partial charge is 0.493 e. The van der Waals surface area contributed by atoms with Crippen molar-refractivity contribution in [1.82, 2.24) is 10.2 Å². The fourth-order valence-corrected chi connectivity index (χ4v) is 4.74. The molecule has 1 aromatic rings. The molecule has 0 spiro atoms. The normalized spacial score (nSPS) is 23.8. The van der Waals surface area contributed by atoms with E-state index in [4.69, 9.17) is 14.2 Å². The number of amides is 1. The Hall–Kier alpha value is -1.83. The van der Waals surface area contributed by atoms with Gasteiger partial charge in [-0.15, -0.1) is 0 Å². The summed E-state index contributed by atoms with van der Waals surface area (Å²) in [5, 5.41) is 12.8. The quantitative estimate of drug-likeness (QED) is 0.479. The van der Waals surface area contributed by atoms with Crippen LogP contribution in [0.15, 0.2) is 18.2 Å². The molecule has 0 bridgehead atoms. The van der Waals surface area contributed by atoms with Gasteiger partial charge in [-0.3, -0.25) is 9.69 Å². The molecule has 32 heavy (non-hydrogen) atoms. The third kappa shape index (κ3) is 7.36. The van der Waals surface area contributed by atoms with E-state index < -0.39 is 0 Å². The second-order valence-electron chi connectivity index (χ2n) is 8.88. The average Bonchev–Trinajstić information content (AvgIpc) is 3.24. The third-order valence-electron chi connectivity index (χ3n) is 6.44. The maximum Gasteiger partial charge on any atom is 0.220 e. The number of hydrogen-bond acceptors (Lipinski definition) is 6. The molecule has 7 nitrogen and oxygen atoms in total. The van der Waals surface area contributed by atoms with Gasteiger partial charge in [0.05, 0.1) is 32.5 Å². The Kier molecular flexibility index (Phi) is 10.1. The molecule has 1 saturated heterocycles. The maximum absolute atomic E-state index is 11.5. The molecule has 2 fully saturated rings. The van der Waals surface area contributed by atoms with Crippen LogP contribution in [0.1, 0.15) is 57.4 Å². The number of carbonyl (C=O) groups excluding carboxylic acids is 1. The molecule has 2 aliphatic rings. The van der Waals surface area contributed by atoms with E-state index in [-0.39, 0.29) is 18.1 Å². The topological polar surface area (TPSA) is 80.3 Å². The van der Waals surface area contributed by atoms with Crippen LogP contribution >= 0.6 is 0 Å². The lowest BCUT2D eigenvalue weighted by Gasteiger charge is -2.37. The molecule has 0 aromatic heterocycles. The minimum absolute atomic E-state index is 0.0551. The summed E-state index contributed by atoms with van der Waals surface area (Å²) in [6.07, 6.45) is 7.88. The first-order valence-corrected chi connectivity index (χ1v) is 12.2. The van der Waals surface area contributed by atoms with Gasteiger partial charge in [0, 0.05) is 25.6 Å². The van der Waals surface area contributed by atoms with E-state index in [1.807, 2.05) is 25.1 Å². The van der Waals surface area contributed by atoms with Gasteiger partial charge in [0.25, 0.3) is 0 Å². The lowest BCUT2D eigenvalue weighted by Crippen LogP contribution is -2.46. The van der Waals surface area contributed by atoms with Crippen molar-refractivity contribution < 1.29 is 24.1 Å². The van der Waals surface area contributed by atoms with Gasteiger partial charge in [0.2, 0.25) is 5.91 Å². The first-order valence-electron chi connectivity index (χ1n) is 12.2. The summed E-state index contributed by atoms with van der Waals surface area (Å²) in [4.78, 5) is 14.0. The predicted octanol–water partition coefficient (Wildman–Crippen LogP) is 2.93. The molecule has 1 aliphatic carbocycles. The van der Waals surface area contributed by atoms with Crippen LogP contribution in [0.3, 0.4) is 0 Å². The summed E-state index contributed by atoms with van der Waals surface area (Å²) >= 11 is 0. The highest BCUT2D eigenvalue weighted by Crippen LogP contribution is 2.30. The van der Waals surface area contributed by atoms with Gasteiger partial charge in [-0.25, -0.2) is 0 Å². The van der Waals surface area contributed by atoms with E-state index in [2.05, 4.69) is 10.2 Å². The Morgan fingerprint density at radius 1 is 1.19 bits per heavy atom. The number of aliphatic hydroxyl groups excluding tert-OH is 1. The van der Waals surface area contributed by atoms with Gasteiger partial charge in [-0.05, 0) is 49.8 Å². The Balaban J connectivity index is 1.45. The Morgan fingerprint density at radius 3 is 2.78 bits per heavy atom. The maximum atomic E-state index is 11.5. The fourth-order valence-electron chi connectivity index (χ4n) is 4.74. The lowest BCUT2D eigenvalue weighted by atomic mass is 9.91. The van der Waals surface area contributed by atoms with Gasteiger partial charge in [0.1, 0.15) is 6.61 Å². The van der Waals surface area contributed by atoms with Gasteiger partial charge in [-0.2, -0.15) is 0 Å². The molecule has 1 amide bonds. The van der Waals surface area contributed by atoms with Crippen molar-refractivity contribution in [2.24, 2.45) is 0 Å². The Labute approximate surface area is 192 Å². The zero-order valence-electron chi connectivity index (χ0n) is 19.7. The highest BCUT2D eigenvalue weighted by atomic mass is 16.5. The first-order chi connectivity index (χ1) is 15.6. The molecule has 1 aliphatic heterocycles. The highest BCUT2D eigenvalue weighted by Gasteiger charge is 2.34. The van der Waals surface area contributed by atoms with Crippen molar-refractivity contribution in [1.29, 1.82) is 0 Å². The van der Waals surface area contributed by atoms with Crippen LogP contribution in [0.5, 0.6) is 11.5 Å². The molecular formula is C25H40N2O5. The number of β-amino-alcohol motifs (C(OH)–C–C–N with tert-alkyl or cyclic N) is 1. The molecule has 180 valence electrons. The van der Waals surface area contributed by atoms with Crippen molar-refractivity contribution in [3.05, 3.63) is 23.8 Å². The van der Waals surface area contributed by atoms with Crippen LogP contribution in [0.2, 0.25) is 0 Å². The van der Waals surface area contributed by atoms with Crippen LogP contribution in [0.4, 0.5) is 0 Å². The number of nitrogens with one attached hydrogen (secondary N) is 1. The van der Waals surface area contributed by atoms with E-state index in [1.54, 1.807) is 7.11 Å². The number of nitrogens with zero attached hydrogens (tertiary/aromatic N) is 1. The molecule has 3 rings (SSSR count). The summed E-state index contributed by atoms with van der Waals surface area (Å²) in [6.45, 7) is 5.30. The molecule has 3 atom stereocenters. The standard InChI is InChI=1S/C25H40N2O5/c1-3-6-25(29)26-13-16-32-23-10-9-19(17-24(23)30-2)12-15-31-22-8-5-4-7-21(22)27-14-11-20(28)18-27/h9-10,17,20-22,28H,3-8,11-16,18H2,1-2H3,(H,26,29)/t20-,21?,22?/m1/s1. The second kappa shape index (κ2) is 13.0. The van der Waals surface area contributed by atoms with Crippen LogP contribution in [-0.2, 0) is 16.0 Å². The number of hydrogen-bond donors (Lipinski definition) is 2. The van der Waals surface area contributed by atoms with Crippen molar-refractivity contribution in [2.75, 3.05) is 40.0 Å². The van der Waals surface area contributed by atoms with Crippen molar-refractivity contribution in [3.63, 3.8) is 0 Å². The van der Waals surface area contributed by atoms with Crippen molar-refractivity contribution >= 4 is 5.91 Å². The molecule has 1 aromatic carbocycles. The SMILES string of the molecule is CCCC(=O)NCCOc1ccc(CCOC2CCCCC2N2CC[C@@H](O)C2)cc1OC. The smallest absolute Gasteiger partial charge is 0.220 e. The van der Waals surface area contributed by atoms with Crippen LogP contribution in [0, 0.1) is 0 Å². The predicted molar refractivity (Wildman–Crippen MR) is 124 cm³/mol. The lowest BCUT2D eigenvalue weighted by molar-refractivity contribution is -0.121. The molecular weight excluding hydrogens is 408 g/mol. The summed E-state index contributed by atoms with van der Waals surface area (Å²) in [7, 11) is 1.64. The van der Waals surface area contributed by atoms with E-state index in [0.717, 1.165) is 50.8 Å². The zero-order chi connectivity index (χ0) is 22.8. The van der Waals surface area contributed by atoms with Gasteiger partial charge in [-0.1, -0.05) is 25.8 Å². The van der Waals surface area contributed by atoms with Crippen molar-refractivity contribution in [3.8, 4) is 11.5 Å². The van der Waals surface area contributed by atoms with E-state index in [9.17, 15) is 9.90 Å². The van der Waals surface area contributed by atoms with Gasteiger partial charge < -0.3 is 24.6 Å². The third-order valence-corrected chi connectivity index (χ3v) is 6.44. The fraction of sp³-hybridized carbons (Fsp3) is 0.720. The Bertz CT molecular complexity index is 714. The number of likely N-dealkylation sites (tertiary alicyclic amines) is 1. The van der Waals surface area contributed by atoms with E-state index >= 15 is 0 Å². The second-order valence-corrected chi connectivity index (χ2v) is 8.88. The molecule has 7 heteroatoms. The zero-order valence-corrected chi connectivity index (χ0v) is 19.7. The average molecular weight is 449 g/mol. The van der Waals surface area contributed by atoms with Crippen LogP contribution in [-0.4, -0.2) is 74.1 Å². The number of methoxy groups -OCH3 is 1. The van der Waals surface area contributed by atoms with E-state index in [1.165, 1.54) is 12.8 Å². The summed E-state index contributed by atoms with van der Waals surface area (Å²) in [6, 6.07) is 6.41. The molecule has 1 saturated carbocycles. The monoisotopic (exact) mass is 448 g/mol. The molecule has 2 N–H and O–H groups in total. The van der Waals surface area contributed by atoms with Gasteiger partial charge in [0.15, 0.2) is 11.5 Å². The Morgan fingerprint density at radius 2 is 2.03 bits per heavy atom. The number of benzene rings is 1. The number of ether oxygens (including phenoxy) is 3. The first kappa shape index (κ1) is 24.8. The molecule has 1 heterocycles. The minimum Gasteiger partial charge on any atom is -0.493 e. The highest BCUT2D eigenvalue weighted by molar-refractivity contribution is 5.75. The van der Waals surface area contributed by atoms with Crippen LogP contribution < -0.4 is 14.8 Å². The number of rotatable bonds is 12. The summed E-state index contributed by atoms with van der Waals surface area (Å²) in [5.41, 5.74) is 1.15. The van der Waals surface area contributed by atoms with Gasteiger partial charge >= 0.3 is 0 Å². The minimum atomic E-state index is -0.182.